The number of rotatable bonds is 0. The number of hydrogen-bond acceptors (Lipinski definition) is 0. The molecule has 0 amide bonds. The minimum atomic E-state index is 0.786. The lowest BCUT2D eigenvalue weighted by Gasteiger charge is -2.55. The summed E-state index contributed by atoms with van der Waals surface area (Å²) < 4.78 is 0. The standard InChI is InChI=1S/3C11H18.2C9H16.2C8H14.3C7H14/c2*1-11-5-8-2-9(6-11)4-10(3-8)7-11;1-7-10-3-8-2-9(5-10)6-11(7)4-8;2*1-9-5-2-8(3-6-9)4-7-9;2*1-6-4-7-2-3-8(6)5-7;3*1-7-5-3-2-4-6-7/h2*8-10H,2-7H2,1H3;7-11H,2-6H2,1H3;2*8H,2-7H2,1H3;2*6-8H,2-5H2,1H3;3*7H,2-6H2,1H3. The van der Waals surface area contributed by atoms with Crippen molar-refractivity contribution in [1.29, 1.82) is 0 Å². The molecule has 0 aliphatic heterocycles. The Bertz CT molecular complexity index is 1720. The first kappa shape index (κ1) is 69.4. The van der Waals surface area contributed by atoms with Gasteiger partial charge in [-0.3, -0.25) is 0 Å². The van der Waals surface area contributed by atoms with Crippen LogP contribution in [0.1, 0.15) is 403 Å². The van der Waals surface area contributed by atoms with E-state index in [1.807, 2.05) is 0 Å². The number of fused-ring (bicyclic) bond motifs is 10. The van der Waals surface area contributed by atoms with Crippen molar-refractivity contribution in [2.45, 2.75) is 403 Å². The highest BCUT2D eigenvalue weighted by molar-refractivity contribution is 5.01. The van der Waals surface area contributed by atoms with Crippen molar-refractivity contribution in [3.05, 3.63) is 0 Å². The Kier molecular flexibility index (Phi) is 25.1. The Hall–Kier alpha value is 0. The van der Waals surface area contributed by atoms with E-state index in [0.717, 1.165) is 152 Å². The summed E-state index contributed by atoms with van der Waals surface area (Å²) in [5.74, 6) is 24.7. The molecular formula is C88H156. The van der Waals surface area contributed by atoms with Gasteiger partial charge in [0.25, 0.3) is 0 Å². The third kappa shape index (κ3) is 20.1. The van der Waals surface area contributed by atoms with Crippen molar-refractivity contribution in [2.24, 2.45) is 152 Å². The third-order valence-corrected chi connectivity index (χ3v) is 32.2. The first-order valence-electron chi connectivity index (χ1n) is 42.3. The molecule has 25 saturated carbocycles. The molecule has 0 nitrogen and oxygen atoms in total. The quantitative estimate of drug-likeness (QED) is 0.227. The van der Waals surface area contributed by atoms with E-state index in [0.29, 0.717) is 0 Å². The van der Waals surface area contributed by atoms with Gasteiger partial charge in [-0.25, -0.2) is 0 Å². The van der Waals surface area contributed by atoms with Crippen LogP contribution in [-0.2, 0) is 0 Å². The summed E-state index contributed by atoms with van der Waals surface area (Å²) in [6.07, 6.45) is 80.0. The van der Waals surface area contributed by atoms with Crippen LogP contribution in [0.5, 0.6) is 0 Å². The zero-order valence-electron chi connectivity index (χ0n) is 61.5. The molecule has 20 bridgehead atoms. The highest BCUT2D eigenvalue weighted by atomic mass is 14.6. The molecule has 0 N–H and O–H groups in total. The number of hydrogen-bond donors (Lipinski definition) is 0. The first-order chi connectivity index (χ1) is 42.3. The maximum Gasteiger partial charge on any atom is -0.0318 e. The fourth-order valence-electron chi connectivity index (χ4n) is 27.3. The minimum absolute atomic E-state index is 0.786. The SMILES string of the molecule is CC12CC3CC(CC(C3)C1)C2.CC12CC3CC(CC(C3)C1)C2.CC12CCC(CC1)CC2.CC12CCC(CC1)CC2.CC1C2CC3CC(C2)CC1C3.CC1CC2CCC1C2.CC1CC2CCC1C2.CC1CCCCC1.CC1CCCCC1.CC1CCCCC1. The summed E-state index contributed by atoms with van der Waals surface area (Å²) in [6.45, 7) is 24.5. The van der Waals surface area contributed by atoms with Crippen LogP contribution in [0.3, 0.4) is 0 Å². The molecule has 0 aromatic rings. The molecule has 88 heavy (non-hydrogen) atoms. The van der Waals surface area contributed by atoms with Gasteiger partial charge in [-0.15, -0.1) is 0 Å². The van der Waals surface area contributed by atoms with E-state index in [9.17, 15) is 0 Å². The molecule has 0 heterocycles. The van der Waals surface area contributed by atoms with Crippen LogP contribution < -0.4 is 0 Å². The predicted molar refractivity (Wildman–Crippen MR) is 383 cm³/mol. The second-order valence-corrected chi connectivity index (χ2v) is 40.9. The zero-order valence-corrected chi connectivity index (χ0v) is 61.5. The van der Waals surface area contributed by atoms with E-state index < -0.39 is 0 Å². The molecule has 25 fully saturated rings. The summed E-state index contributed by atoms with van der Waals surface area (Å²) in [6, 6.07) is 0. The summed E-state index contributed by atoms with van der Waals surface area (Å²) in [5, 5.41) is 0. The van der Waals surface area contributed by atoms with Crippen LogP contribution in [0.4, 0.5) is 0 Å². The van der Waals surface area contributed by atoms with Crippen molar-refractivity contribution in [1.82, 2.24) is 0 Å². The fraction of sp³-hybridized carbons (Fsp3) is 1.00. The van der Waals surface area contributed by atoms with Crippen molar-refractivity contribution in [3.63, 3.8) is 0 Å². The normalized spacial score (nSPS) is 48.4. The Labute approximate surface area is 551 Å². The minimum Gasteiger partial charge on any atom is -0.0625 e. The molecule has 0 aromatic heterocycles. The van der Waals surface area contributed by atoms with Gasteiger partial charge >= 0.3 is 0 Å². The Morgan fingerprint density at radius 1 is 0.193 bits per heavy atom. The van der Waals surface area contributed by atoms with Gasteiger partial charge < -0.3 is 0 Å². The molecule has 25 aliphatic carbocycles. The highest BCUT2D eigenvalue weighted by Crippen LogP contribution is 2.62. The van der Waals surface area contributed by atoms with Crippen molar-refractivity contribution >= 4 is 0 Å². The van der Waals surface area contributed by atoms with Crippen molar-refractivity contribution in [3.8, 4) is 0 Å². The van der Waals surface area contributed by atoms with Gasteiger partial charge in [0.2, 0.25) is 0 Å². The van der Waals surface area contributed by atoms with Crippen LogP contribution in [-0.4, -0.2) is 0 Å². The van der Waals surface area contributed by atoms with E-state index in [2.05, 4.69) is 69.2 Å². The van der Waals surface area contributed by atoms with E-state index in [-0.39, 0.29) is 0 Å². The molecule has 6 unspecified atom stereocenters. The smallest absolute Gasteiger partial charge is 0.0318 e. The fourth-order valence-corrected chi connectivity index (χ4v) is 27.3. The predicted octanol–water partition coefficient (Wildman–Crippen LogP) is 28.1. The van der Waals surface area contributed by atoms with E-state index >= 15 is 0 Å². The maximum atomic E-state index is 2.54. The molecule has 0 spiro atoms. The maximum absolute atomic E-state index is 2.54. The molecule has 0 saturated heterocycles. The van der Waals surface area contributed by atoms with Crippen LogP contribution in [0.15, 0.2) is 0 Å². The van der Waals surface area contributed by atoms with E-state index in [4.69, 9.17) is 0 Å². The lowest BCUT2D eigenvalue weighted by molar-refractivity contribution is -0.0413. The average Bonchev–Trinajstić information content (AvgIpc) is 1.59. The molecule has 25 aliphatic rings. The molecule has 0 aromatic carbocycles. The highest BCUT2D eigenvalue weighted by Gasteiger charge is 2.50. The van der Waals surface area contributed by atoms with Gasteiger partial charge in [0, 0.05) is 0 Å². The molecule has 6 atom stereocenters. The van der Waals surface area contributed by atoms with Crippen LogP contribution in [0.25, 0.3) is 0 Å². The average molecular weight is 1210 g/mol. The molecule has 25 rings (SSSR count). The molecular weight excluding hydrogens is 1060 g/mol. The largest absolute Gasteiger partial charge is 0.0625 e. The monoisotopic (exact) mass is 1210 g/mol. The second-order valence-electron chi connectivity index (χ2n) is 40.9. The topological polar surface area (TPSA) is 0 Å². The van der Waals surface area contributed by atoms with E-state index in [1.54, 1.807) is 161 Å². The first-order valence-corrected chi connectivity index (χ1v) is 42.3. The third-order valence-electron chi connectivity index (χ3n) is 32.2. The van der Waals surface area contributed by atoms with Gasteiger partial charge in [0.05, 0.1) is 0 Å². The Morgan fingerprint density at radius 3 is 0.602 bits per heavy atom. The molecule has 508 valence electrons. The van der Waals surface area contributed by atoms with E-state index in [1.165, 1.54) is 173 Å². The second kappa shape index (κ2) is 31.9. The van der Waals surface area contributed by atoms with Gasteiger partial charge in [0.1, 0.15) is 0 Å². The molecule has 0 heteroatoms. The Morgan fingerprint density at radius 2 is 0.443 bits per heavy atom. The van der Waals surface area contributed by atoms with Crippen LogP contribution in [0, 0.1) is 152 Å². The summed E-state index contributed by atoms with van der Waals surface area (Å²) in [4.78, 5) is 0. The molecule has 0 radical (unpaired) electrons. The van der Waals surface area contributed by atoms with Crippen LogP contribution in [0.2, 0.25) is 0 Å². The Balaban J connectivity index is 0.000000102. The van der Waals surface area contributed by atoms with Gasteiger partial charge in [0.15, 0.2) is 0 Å². The van der Waals surface area contributed by atoms with Gasteiger partial charge in [-0.2, -0.15) is 0 Å². The van der Waals surface area contributed by atoms with Crippen molar-refractivity contribution in [2.75, 3.05) is 0 Å². The van der Waals surface area contributed by atoms with Crippen molar-refractivity contribution < 1.29 is 0 Å². The van der Waals surface area contributed by atoms with Crippen LogP contribution >= 0.6 is 0 Å². The lowest BCUT2D eigenvalue weighted by atomic mass is 9.50. The summed E-state index contributed by atoms with van der Waals surface area (Å²) >= 11 is 0. The lowest BCUT2D eigenvalue weighted by Crippen LogP contribution is -2.44. The van der Waals surface area contributed by atoms with Gasteiger partial charge in [-0.1, -0.05) is 178 Å². The van der Waals surface area contributed by atoms with Gasteiger partial charge in [-0.05, 0) is 377 Å². The summed E-state index contributed by atoms with van der Waals surface area (Å²) in [7, 11) is 0. The zero-order chi connectivity index (χ0) is 61.5. The summed E-state index contributed by atoms with van der Waals surface area (Å²) in [5.41, 5.74) is 3.17.